The van der Waals surface area contributed by atoms with Gasteiger partial charge in [0.05, 0.1) is 25.9 Å². The number of phosphoric ester groups is 1. The second-order valence-electron chi connectivity index (χ2n) is 10.4. The van der Waals surface area contributed by atoms with E-state index in [-0.39, 0.29) is 34.0 Å². The Morgan fingerprint density at radius 2 is 1.27 bits per heavy atom. The fraction of sp³-hybridized carbons (Fsp3) is 0.500. The molecular formula is C20H27N10O15P3S. The molecule has 0 radical (unpaired) electrons. The number of hydrogen-bond acceptors (Lipinski definition) is 20. The summed E-state index contributed by atoms with van der Waals surface area (Å²) in [7, 11) is -10.8. The van der Waals surface area contributed by atoms with Crippen molar-refractivity contribution in [2.75, 3.05) is 24.7 Å². The van der Waals surface area contributed by atoms with Crippen LogP contribution in [0, 0.1) is 0 Å². The summed E-state index contributed by atoms with van der Waals surface area (Å²) in [5.74, 6) is 0.0423. The number of aliphatic hydroxyl groups is 3. The number of nitrogens with zero attached hydrogens (tertiary/aromatic N) is 8. The molecule has 11 N–H and O–H groups in total. The monoisotopic (exact) mass is 772 g/mol. The standard InChI is InChI=1S/C20H27N10O15P3S/c21-15-9-17(25-3-23-15)29(5-27-9)19-13(33)11(31)7(42-19)2-41-48(39,49)44-14-12(32)8(1-40-47(37,38)45-46(34,35)36)43-20(14)30-6-28-10-16(22)24-4-26-18(10)30/h3-8,11-14,19-20,31-33H,1-2H2,(H,37,38)(H,39,49)(H2,21,23,25)(H2,22,24,26)(H2,34,35,36)/t7-,8-,11-,12-,13-,14-,19-,20-,48?/m1/s1. The fourth-order valence-corrected chi connectivity index (χ4v) is 8.09. The van der Waals surface area contributed by atoms with Crippen LogP contribution in [0.3, 0.4) is 0 Å². The summed E-state index contributed by atoms with van der Waals surface area (Å²) in [5, 5.41) is 32.6. The molecule has 0 spiro atoms. The molecule has 2 fully saturated rings. The van der Waals surface area contributed by atoms with Crippen LogP contribution in [0.4, 0.5) is 11.6 Å². The van der Waals surface area contributed by atoms with Gasteiger partial charge in [0.1, 0.15) is 60.3 Å². The van der Waals surface area contributed by atoms with E-state index in [4.69, 9.17) is 51.6 Å². The van der Waals surface area contributed by atoms with Crippen molar-refractivity contribution in [1.82, 2.24) is 39.0 Å². The molecule has 2 aliphatic rings. The van der Waals surface area contributed by atoms with Crippen molar-refractivity contribution in [3.8, 4) is 0 Å². The zero-order valence-electron chi connectivity index (χ0n) is 24.2. The third-order valence-corrected chi connectivity index (χ3v) is 11.0. The average molecular weight is 772 g/mol. The summed E-state index contributed by atoms with van der Waals surface area (Å²) in [4.78, 5) is 62.5. The molecule has 2 saturated heterocycles. The maximum atomic E-state index is 12.0. The molecule has 25 nitrogen and oxygen atoms in total. The Bertz CT molecular complexity index is 2000. The van der Waals surface area contributed by atoms with Crippen LogP contribution in [-0.2, 0) is 48.3 Å². The van der Waals surface area contributed by atoms with E-state index in [1.165, 1.54) is 28.1 Å². The highest BCUT2D eigenvalue weighted by Crippen LogP contribution is 2.58. The van der Waals surface area contributed by atoms with E-state index in [9.17, 15) is 34.2 Å². The molecule has 268 valence electrons. The third-order valence-electron chi connectivity index (χ3n) is 7.24. The molecule has 49 heavy (non-hydrogen) atoms. The van der Waals surface area contributed by atoms with Crippen LogP contribution < -0.4 is 11.5 Å². The van der Waals surface area contributed by atoms with Gasteiger partial charge in [-0.2, -0.15) is 4.31 Å². The summed E-state index contributed by atoms with van der Waals surface area (Å²) in [5.41, 5.74) is 12.3. The van der Waals surface area contributed by atoms with Crippen LogP contribution >= 0.6 is 22.4 Å². The molecule has 2 unspecified atom stereocenters. The lowest BCUT2D eigenvalue weighted by atomic mass is 10.1. The summed E-state index contributed by atoms with van der Waals surface area (Å²) in [6.45, 7) is -6.05. The number of aromatic nitrogens is 8. The van der Waals surface area contributed by atoms with Crippen molar-refractivity contribution < 1.29 is 71.4 Å². The number of rotatable bonds is 12. The number of hydrogen-bond donors (Lipinski definition) is 9. The average Bonchev–Trinajstić information content (AvgIpc) is 3.76. The molecule has 0 amide bonds. The van der Waals surface area contributed by atoms with Crippen molar-refractivity contribution in [2.45, 2.75) is 49.1 Å². The van der Waals surface area contributed by atoms with Gasteiger partial charge < -0.3 is 60.4 Å². The second-order valence-corrected chi connectivity index (χ2v) is 16.1. The Labute approximate surface area is 277 Å². The first-order valence-electron chi connectivity index (χ1n) is 13.6. The Morgan fingerprint density at radius 3 is 1.84 bits per heavy atom. The van der Waals surface area contributed by atoms with E-state index < -0.39 is 84.7 Å². The number of ether oxygens (including phenoxy) is 2. The number of nitrogen functional groups attached to an aromatic ring is 2. The van der Waals surface area contributed by atoms with Gasteiger partial charge in [-0.1, -0.05) is 0 Å². The smallest absolute Gasteiger partial charge is 0.387 e. The molecule has 10 atom stereocenters. The lowest BCUT2D eigenvalue weighted by Gasteiger charge is -2.27. The summed E-state index contributed by atoms with van der Waals surface area (Å²) >= 11 is 5.16. The SMILES string of the molecule is Nc1ncnc2c1ncn2[C@@H]1O[C@H](COP(O)(=S)O[C@@H]2[C@H](O)[C@@H](COP(=O)(O)OP(=O)(O)O)O[C@H]2n2cnc3c(N)ncnc32)[C@@H](O)[C@H]1O. The van der Waals surface area contributed by atoms with Gasteiger partial charge in [0.25, 0.3) is 0 Å². The molecule has 0 bridgehead atoms. The van der Waals surface area contributed by atoms with Crippen molar-refractivity contribution >= 4 is 68.1 Å². The normalized spacial score (nSPS) is 30.2. The van der Waals surface area contributed by atoms with Crippen LogP contribution in [-0.4, -0.2) is 124 Å². The minimum absolute atomic E-state index is 0.0266. The molecule has 4 aromatic rings. The summed E-state index contributed by atoms with van der Waals surface area (Å²) in [6.07, 6.45) is -7.45. The lowest BCUT2D eigenvalue weighted by molar-refractivity contribution is -0.0569. The number of fused-ring (bicyclic) bond motifs is 2. The first kappa shape index (κ1) is 36.1. The largest absolute Gasteiger partial charge is 0.481 e. The van der Waals surface area contributed by atoms with Gasteiger partial charge in [0.15, 0.2) is 35.4 Å². The molecule has 6 rings (SSSR count). The number of nitrogens with two attached hydrogens (primary N) is 2. The van der Waals surface area contributed by atoms with Crippen molar-refractivity contribution in [1.29, 1.82) is 0 Å². The van der Waals surface area contributed by atoms with E-state index >= 15 is 0 Å². The van der Waals surface area contributed by atoms with Gasteiger partial charge in [-0.05, 0) is 11.8 Å². The highest BCUT2D eigenvalue weighted by atomic mass is 32.5. The number of aliphatic hydroxyl groups excluding tert-OH is 3. The molecule has 0 aromatic carbocycles. The van der Waals surface area contributed by atoms with Gasteiger partial charge in [0, 0.05) is 0 Å². The van der Waals surface area contributed by atoms with E-state index in [1.54, 1.807) is 0 Å². The van der Waals surface area contributed by atoms with E-state index in [0.29, 0.717) is 0 Å². The van der Waals surface area contributed by atoms with Gasteiger partial charge in [-0.25, -0.2) is 39.0 Å². The quantitative estimate of drug-likeness (QED) is 0.0675. The van der Waals surface area contributed by atoms with Crippen LogP contribution in [0.1, 0.15) is 12.5 Å². The molecule has 4 aromatic heterocycles. The second kappa shape index (κ2) is 13.4. The zero-order valence-corrected chi connectivity index (χ0v) is 27.7. The van der Waals surface area contributed by atoms with E-state index in [2.05, 4.69) is 38.7 Å². The topological polar surface area (TPSA) is 370 Å². The van der Waals surface area contributed by atoms with Gasteiger partial charge >= 0.3 is 22.4 Å². The van der Waals surface area contributed by atoms with Crippen LogP contribution in [0.15, 0.2) is 25.3 Å². The Morgan fingerprint density at radius 1 is 0.755 bits per heavy atom. The van der Waals surface area contributed by atoms with Gasteiger partial charge in [0.2, 0.25) is 0 Å². The zero-order chi connectivity index (χ0) is 35.5. The van der Waals surface area contributed by atoms with E-state index in [1.807, 2.05) is 0 Å². The maximum absolute atomic E-state index is 12.0. The van der Waals surface area contributed by atoms with Gasteiger partial charge in [-0.15, -0.1) is 0 Å². The third kappa shape index (κ3) is 7.51. The first-order valence-corrected chi connectivity index (χ1v) is 19.2. The predicted octanol–water partition coefficient (Wildman–Crippen LogP) is -2.45. The molecule has 29 heteroatoms. The van der Waals surface area contributed by atoms with Crippen LogP contribution in [0.25, 0.3) is 22.3 Å². The molecule has 2 aliphatic heterocycles. The predicted molar refractivity (Wildman–Crippen MR) is 162 cm³/mol. The van der Waals surface area contributed by atoms with Crippen molar-refractivity contribution in [2.24, 2.45) is 0 Å². The molecule has 0 saturated carbocycles. The fourth-order valence-electron chi connectivity index (χ4n) is 5.08. The van der Waals surface area contributed by atoms with Crippen molar-refractivity contribution in [3.05, 3.63) is 25.3 Å². The maximum Gasteiger partial charge on any atom is 0.481 e. The highest BCUT2D eigenvalue weighted by Gasteiger charge is 2.50. The molecule has 6 heterocycles. The number of phosphoric acid groups is 2. The van der Waals surface area contributed by atoms with E-state index in [0.717, 1.165) is 6.33 Å². The van der Waals surface area contributed by atoms with Gasteiger partial charge in [-0.3, -0.25) is 18.2 Å². The van der Waals surface area contributed by atoms with Crippen LogP contribution in [0.2, 0.25) is 0 Å². The summed E-state index contributed by atoms with van der Waals surface area (Å²) < 4.78 is 56.6. The summed E-state index contributed by atoms with van der Waals surface area (Å²) in [6, 6.07) is 0. The van der Waals surface area contributed by atoms with Crippen LogP contribution in [0.5, 0.6) is 0 Å². The van der Waals surface area contributed by atoms with Crippen molar-refractivity contribution in [3.63, 3.8) is 0 Å². The lowest BCUT2D eigenvalue weighted by Crippen LogP contribution is -2.36. The Hall–Kier alpha value is -2.71. The Kier molecular flexibility index (Phi) is 9.90. The number of imidazole rings is 2. The minimum Gasteiger partial charge on any atom is -0.387 e. The Balaban J connectivity index is 1.19. The molecule has 0 aliphatic carbocycles. The number of anilines is 2. The minimum atomic E-state index is -5.47. The first-order chi connectivity index (χ1) is 22.9. The molecular weight excluding hydrogens is 745 g/mol. The highest BCUT2D eigenvalue weighted by molar-refractivity contribution is 8.07.